The van der Waals surface area contributed by atoms with Gasteiger partial charge in [0, 0.05) is 12.6 Å². The predicted octanol–water partition coefficient (Wildman–Crippen LogP) is 4.53. The van der Waals surface area contributed by atoms with E-state index in [1.165, 1.54) is 25.3 Å². The van der Waals surface area contributed by atoms with Crippen LogP contribution >= 0.6 is 0 Å². The molecular formula is C21H35BFNO2. The van der Waals surface area contributed by atoms with E-state index in [0.29, 0.717) is 6.04 Å². The normalized spacial score (nSPS) is 18.9. The molecule has 0 amide bonds. The molecule has 1 aliphatic heterocycles. The van der Waals surface area contributed by atoms with Crippen LogP contribution in [0.2, 0.25) is 0 Å². The lowest BCUT2D eigenvalue weighted by atomic mass is 9.75. The average Bonchev–Trinajstić information content (AvgIpc) is 2.75. The minimum atomic E-state index is -0.532. The minimum Gasteiger partial charge on any atom is -0.399 e. The Morgan fingerprint density at radius 2 is 1.69 bits per heavy atom. The first kappa shape index (κ1) is 21.4. The van der Waals surface area contributed by atoms with Crippen molar-refractivity contribution in [1.82, 2.24) is 4.90 Å². The molecule has 1 aromatic rings. The molecule has 1 aromatic carbocycles. The van der Waals surface area contributed by atoms with Gasteiger partial charge in [0.15, 0.2) is 0 Å². The summed E-state index contributed by atoms with van der Waals surface area (Å²) in [6.45, 7) is 16.6. The molecule has 0 spiro atoms. The fraction of sp³-hybridized carbons (Fsp3) is 0.714. The molecule has 0 unspecified atom stereocenters. The van der Waals surface area contributed by atoms with Crippen molar-refractivity contribution in [3.05, 3.63) is 29.6 Å². The first-order chi connectivity index (χ1) is 12.1. The summed E-state index contributed by atoms with van der Waals surface area (Å²) in [6, 6.07) is 5.42. The zero-order chi connectivity index (χ0) is 19.5. The Hall–Kier alpha value is -0.905. The van der Waals surface area contributed by atoms with Crippen LogP contribution in [-0.2, 0) is 15.9 Å². The smallest absolute Gasteiger partial charge is 0.399 e. The highest BCUT2D eigenvalue weighted by Gasteiger charge is 2.52. The van der Waals surface area contributed by atoms with Crippen LogP contribution in [0.15, 0.2) is 18.2 Å². The first-order valence-corrected chi connectivity index (χ1v) is 9.95. The zero-order valence-electron chi connectivity index (χ0n) is 17.6. The molecule has 0 atom stereocenters. The number of halogens is 1. The third-order valence-electron chi connectivity index (χ3n) is 5.77. The second-order valence-corrected chi connectivity index (χ2v) is 8.70. The van der Waals surface area contributed by atoms with Gasteiger partial charge in [-0.1, -0.05) is 25.8 Å². The lowest BCUT2D eigenvalue weighted by molar-refractivity contribution is 0.00578. The molecule has 1 saturated heterocycles. The molecule has 0 radical (unpaired) electrons. The summed E-state index contributed by atoms with van der Waals surface area (Å²) in [5.74, 6) is -0.249. The van der Waals surface area contributed by atoms with Gasteiger partial charge in [0.25, 0.3) is 0 Å². The van der Waals surface area contributed by atoms with E-state index in [9.17, 15) is 4.39 Å². The summed E-state index contributed by atoms with van der Waals surface area (Å²) in [7, 11) is -0.532. The summed E-state index contributed by atoms with van der Waals surface area (Å²) in [6.07, 6.45) is 3.63. The van der Waals surface area contributed by atoms with Gasteiger partial charge in [0.2, 0.25) is 0 Å². The second-order valence-electron chi connectivity index (χ2n) is 8.70. The van der Waals surface area contributed by atoms with Crippen LogP contribution in [0.5, 0.6) is 0 Å². The van der Waals surface area contributed by atoms with E-state index in [0.717, 1.165) is 24.1 Å². The predicted molar refractivity (Wildman–Crippen MR) is 107 cm³/mol. The van der Waals surface area contributed by atoms with Gasteiger partial charge in [-0.25, -0.2) is 4.39 Å². The quantitative estimate of drug-likeness (QED) is 0.501. The van der Waals surface area contributed by atoms with Crippen molar-refractivity contribution in [3.8, 4) is 0 Å². The molecule has 2 rings (SSSR count). The van der Waals surface area contributed by atoms with Crippen molar-refractivity contribution in [2.24, 2.45) is 0 Å². The lowest BCUT2D eigenvalue weighted by Crippen LogP contribution is -2.41. The Kier molecular flexibility index (Phi) is 6.92. The van der Waals surface area contributed by atoms with Gasteiger partial charge in [0.05, 0.1) is 11.2 Å². The molecule has 3 nitrogen and oxygen atoms in total. The van der Waals surface area contributed by atoms with Crippen molar-refractivity contribution >= 4 is 12.6 Å². The van der Waals surface area contributed by atoms with Crippen LogP contribution in [0.3, 0.4) is 0 Å². The summed E-state index contributed by atoms with van der Waals surface area (Å²) >= 11 is 0. The Morgan fingerprint density at radius 1 is 1.08 bits per heavy atom. The molecule has 1 heterocycles. The summed E-state index contributed by atoms with van der Waals surface area (Å²) in [5, 5.41) is 0. The second kappa shape index (κ2) is 8.41. The number of benzene rings is 1. The van der Waals surface area contributed by atoms with Gasteiger partial charge in [0.1, 0.15) is 5.82 Å². The SMILES string of the molecule is CCCCCN(Cc1ccc(F)cc1B1OC(C)(C)C(C)(C)O1)C(C)C. The molecule has 1 aliphatic rings. The number of nitrogens with zero attached hydrogens (tertiary/aromatic N) is 1. The standard InChI is InChI=1S/C21H35BFNO2/c1-8-9-10-13-24(16(2)3)15-17-11-12-18(23)14-19(17)22-25-20(4,5)21(6,7)26-22/h11-12,14,16H,8-10,13,15H2,1-7H3. The van der Waals surface area contributed by atoms with Crippen LogP contribution in [0.25, 0.3) is 0 Å². The molecular weight excluding hydrogens is 328 g/mol. The monoisotopic (exact) mass is 363 g/mol. The molecule has 0 N–H and O–H groups in total. The van der Waals surface area contributed by atoms with E-state index in [4.69, 9.17) is 9.31 Å². The molecule has 5 heteroatoms. The summed E-state index contributed by atoms with van der Waals surface area (Å²) in [5.41, 5.74) is 1.03. The minimum absolute atomic E-state index is 0.249. The highest BCUT2D eigenvalue weighted by atomic mass is 19.1. The summed E-state index contributed by atoms with van der Waals surface area (Å²) in [4.78, 5) is 2.44. The van der Waals surface area contributed by atoms with Crippen LogP contribution < -0.4 is 5.46 Å². The third-order valence-corrected chi connectivity index (χ3v) is 5.77. The fourth-order valence-electron chi connectivity index (χ4n) is 3.20. The van der Waals surface area contributed by atoms with Gasteiger partial charge in [-0.05, 0) is 77.7 Å². The fourth-order valence-corrected chi connectivity index (χ4v) is 3.20. The molecule has 0 bridgehead atoms. The van der Waals surface area contributed by atoms with Crippen LogP contribution in [-0.4, -0.2) is 35.8 Å². The van der Waals surface area contributed by atoms with Gasteiger partial charge in [-0.2, -0.15) is 0 Å². The third kappa shape index (κ3) is 4.87. The molecule has 26 heavy (non-hydrogen) atoms. The topological polar surface area (TPSA) is 21.7 Å². The highest BCUT2D eigenvalue weighted by Crippen LogP contribution is 2.36. The molecule has 146 valence electrons. The van der Waals surface area contributed by atoms with Crippen LogP contribution in [0.1, 0.15) is 73.3 Å². The van der Waals surface area contributed by atoms with Crippen molar-refractivity contribution in [3.63, 3.8) is 0 Å². The number of unbranched alkanes of at least 4 members (excludes halogenated alkanes) is 2. The van der Waals surface area contributed by atoms with Gasteiger partial charge in [-0.15, -0.1) is 0 Å². The van der Waals surface area contributed by atoms with E-state index in [1.807, 2.05) is 33.8 Å². The molecule has 1 fully saturated rings. The highest BCUT2D eigenvalue weighted by molar-refractivity contribution is 6.62. The Morgan fingerprint density at radius 3 is 2.23 bits per heavy atom. The van der Waals surface area contributed by atoms with E-state index in [1.54, 1.807) is 6.07 Å². The van der Waals surface area contributed by atoms with E-state index < -0.39 is 18.3 Å². The Bertz CT molecular complexity index is 588. The molecule has 0 aliphatic carbocycles. The average molecular weight is 363 g/mol. The maximum Gasteiger partial charge on any atom is 0.495 e. The molecule has 0 saturated carbocycles. The number of hydrogen-bond donors (Lipinski definition) is 0. The lowest BCUT2D eigenvalue weighted by Gasteiger charge is -2.32. The van der Waals surface area contributed by atoms with Crippen molar-refractivity contribution < 1.29 is 13.7 Å². The zero-order valence-corrected chi connectivity index (χ0v) is 17.6. The van der Waals surface area contributed by atoms with Crippen molar-refractivity contribution in [1.29, 1.82) is 0 Å². The van der Waals surface area contributed by atoms with Crippen LogP contribution in [0, 0.1) is 5.82 Å². The maximum absolute atomic E-state index is 14.0. The number of rotatable bonds is 8. The van der Waals surface area contributed by atoms with Gasteiger partial charge in [-0.3, -0.25) is 4.90 Å². The molecule has 0 aromatic heterocycles. The maximum atomic E-state index is 14.0. The first-order valence-electron chi connectivity index (χ1n) is 9.95. The summed E-state index contributed by atoms with van der Waals surface area (Å²) < 4.78 is 26.4. The van der Waals surface area contributed by atoms with Gasteiger partial charge < -0.3 is 9.31 Å². The largest absolute Gasteiger partial charge is 0.495 e. The van der Waals surface area contributed by atoms with Crippen molar-refractivity contribution in [2.45, 2.75) is 91.5 Å². The Labute approximate surface area is 159 Å². The van der Waals surface area contributed by atoms with Crippen LogP contribution in [0.4, 0.5) is 4.39 Å². The van der Waals surface area contributed by atoms with E-state index in [2.05, 4.69) is 25.7 Å². The Balaban J connectivity index is 2.25. The van der Waals surface area contributed by atoms with E-state index >= 15 is 0 Å². The van der Waals surface area contributed by atoms with Crippen molar-refractivity contribution in [2.75, 3.05) is 6.54 Å². The van der Waals surface area contributed by atoms with E-state index in [-0.39, 0.29) is 5.82 Å². The number of hydrogen-bond acceptors (Lipinski definition) is 3. The van der Waals surface area contributed by atoms with Gasteiger partial charge >= 0.3 is 7.12 Å².